The van der Waals surface area contributed by atoms with Crippen molar-refractivity contribution >= 4 is 9.84 Å². The van der Waals surface area contributed by atoms with Crippen LogP contribution in [-0.2, 0) is 9.84 Å². The summed E-state index contributed by atoms with van der Waals surface area (Å²) in [7, 11) is -2.99. The summed E-state index contributed by atoms with van der Waals surface area (Å²) < 4.78 is 49.6. The van der Waals surface area contributed by atoms with Crippen molar-refractivity contribution in [2.75, 3.05) is 11.5 Å². The van der Waals surface area contributed by atoms with Crippen molar-refractivity contribution in [2.24, 2.45) is 11.8 Å². The summed E-state index contributed by atoms with van der Waals surface area (Å²) >= 11 is 0. The molecule has 2 unspecified atom stereocenters. The molecule has 0 spiro atoms. The summed E-state index contributed by atoms with van der Waals surface area (Å²) in [6.07, 6.45) is 0.910. The Hall–Kier alpha value is -1.05. The van der Waals surface area contributed by atoms with Crippen molar-refractivity contribution in [3.05, 3.63) is 35.4 Å². The minimum atomic E-state index is -2.99. The molecule has 1 saturated heterocycles. The van der Waals surface area contributed by atoms with Crippen LogP contribution in [0.4, 0.5) is 8.78 Å². The van der Waals surface area contributed by atoms with Gasteiger partial charge in [0.25, 0.3) is 0 Å². The van der Waals surface area contributed by atoms with Gasteiger partial charge in [-0.15, -0.1) is 0 Å². The zero-order valence-corrected chi connectivity index (χ0v) is 11.1. The Morgan fingerprint density at radius 3 is 2.74 bits per heavy atom. The number of rotatable bonds is 4. The van der Waals surface area contributed by atoms with E-state index in [0.717, 1.165) is 6.07 Å². The van der Waals surface area contributed by atoms with Gasteiger partial charge in [-0.2, -0.15) is 0 Å². The molecule has 4 nitrogen and oxygen atoms in total. The number of nitrogens with two attached hydrogens (primary N) is 1. The molecule has 0 saturated carbocycles. The molecule has 0 aromatic heterocycles. The highest BCUT2D eigenvalue weighted by Crippen LogP contribution is 2.30. The van der Waals surface area contributed by atoms with Crippen LogP contribution in [0.3, 0.4) is 0 Å². The Balaban J connectivity index is 2.15. The molecule has 3 N–H and O–H groups in total. The molecular formula is C12H16F2N2O2S. The number of hydrogen-bond donors (Lipinski definition) is 2. The van der Waals surface area contributed by atoms with Crippen LogP contribution in [-0.4, -0.2) is 19.9 Å². The zero-order valence-electron chi connectivity index (χ0n) is 10.3. The van der Waals surface area contributed by atoms with E-state index < -0.39 is 27.5 Å². The fraction of sp³-hybridized carbons (Fsp3) is 0.500. The Morgan fingerprint density at radius 2 is 2.16 bits per heavy atom. The molecule has 1 aliphatic rings. The summed E-state index contributed by atoms with van der Waals surface area (Å²) in [6.45, 7) is 0. The maximum Gasteiger partial charge on any atom is 0.163 e. The van der Waals surface area contributed by atoms with E-state index in [4.69, 9.17) is 5.84 Å². The van der Waals surface area contributed by atoms with Gasteiger partial charge in [-0.05, 0) is 24.8 Å². The number of halogens is 2. The minimum absolute atomic E-state index is 0.0753. The number of hydrogen-bond acceptors (Lipinski definition) is 4. The molecule has 0 bridgehead atoms. The predicted molar refractivity (Wildman–Crippen MR) is 67.8 cm³/mol. The van der Waals surface area contributed by atoms with Gasteiger partial charge in [0.2, 0.25) is 0 Å². The van der Waals surface area contributed by atoms with E-state index in [-0.39, 0.29) is 23.0 Å². The van der Waals surface area contributed by atoms with Crippen molar-refractivity contribution in [2.45, 2.75) is 18.9 Å². The van der Waals surface area contributed by atoms with Crippen LogP contribution in [0.25, 0.3) is 0 Å². The number of benzene rings is 1. The highest BCUT2D eigenvalue weighted by Gasteiger charge is 2.30. The van der Waals surface area contributed by atoms with Crippen molar-refractivity contribution in [3.8, 4) is 0 Å². The van der Waals surface area contributed by atoms with Crippen LogP contribution >= 0.6 is 0 Å². The maximum atomic E-state index is 13.7. The molecule has 1 aliphatic heterocycles. The molecular weight excluding hydrogens is 274 g/mol. The first-order chi connectivity index (χ1) is 8.93. The summed E-state index contributed by atoms with van der Waals surface area (Å²) in [5, 5.41) is 0. The van der Waals surface area contributed by atoms with E-state index in [0.29, 0.717) is 12.8 Å². The smallest absolute Gasteiger partial charge is 0.163 e. The summed E-state index contributed by atoms with van der Waals surface area (Å²) in [6, 6.07) is 3.30. The third kappa shape index (κ3) is 3.29. The molecule has 106 valence electrons. The molecule has 1 heterocycles. The topological polar surface area (TPSA) is 72.2 Å². The zero-order chi connectivity index (χ0) is 14.0. The lowest BCUT2D eigenvalue weighted by molar-refractivity contribution is 0.399. The van der Waals surface area contributed by atoms with Crippen LogP contribution < -0.4 is 11.3 Å². The monoisotopic (exact) mass is 290 g/mol. The number of sulfone groups is 1. The average molecular weight is 290 g/mol. The molecule has 2 rings (SSSR count). The lowest BCUT2D eigenvalue weighted by Gasteiger charge is -2.20. The molecule has 1 fully saturated rings. The van der Waals surface area contributed by atoms with E-state index in [1.54, 1.807) is 0 Å². The SMILES string of the molecule is NNC(CC1CCS(=O)(=O)C1)c1cccc(F)c1F. The molecule has 0 amide bonds. The first kappa shape index (κ1) is 14.4. The Labute approximate surface area is 110 Å². The van der Waals surface area contributed by atoms with Gasteiger partial charge < -0.3 is 0 Å². The standard InChI is InChI=1S/C12H16F2N2O2S/c13-10-3-1-2-9(12(10)14)11(16-15)6-8-4-5-19(17,18)7-8/h1-3,8,11,16H,4-7,15H2. The second-order valence-corrected chi connectivity index (χ2v) is 7.10. The van der Waals surface area contributed by atoms with Gasteiger partial charge in [0.1, 0.15) is 0 Å². The Morgan fingerprint density at radius 1 is 1.42 bits per heavy atom. The lowest BCUT2D eigenvalue weighted by Crippen LogP contribution is -2.30. The molecule has 7 heteroatoms. The van der Waals surface area contributed by atoms with Gasteiger partial charge in [0.15, 0.2) is 21.5 Å². The van der Waals surface area contributed by atoms with Crippen molar-refractivity contribution in [1.29, 1.82) is 0 Å². The molecule has 0 aliphatic carbocycles. The normalized spacial score (nSPS) is 23.4. The van der Waals surface area contributed by atoms with E-state index >= 15 is 0 Å². The molecule has 1 aromatic rings. The quantitative estimate of drug-likeness (QED) is 0.647. The first-order valence-electron chi connectivity index (χ1n) is 6.03. The van der Waals surface area contributed by atoms with Crippen LogP contribution in [0.5, 0.6) is 0 Å². The van der Waals surface area contributed by atoms with E-state index in [2.05, 4.69) is 5.43 Å². The van der Waals surface area contributed by atoms with Gasteiger partial charge in [0.05, 0.1) is 11.5 Å². The average Bonchev–Trinajstić information content (AvgIpc) is 2.70. The fourth-order valence-electron chi connectivity index (χ4n) is 2.47. The third-order valence-corrected chi connectivity index (χ3v) is 5.29. The summed E-state index contributed by atoms with van der Waals surface area (Å²) in [5.74, 6) is 3.67. The second kappa shape index (κ2) is 5.52. The third-order valence-electron chi connectivity index (χ3n) is 3.45. The lowest BCUT2D eigenvalue weighted by atomic mass is 9.94. The largest absolute Gasteiger partial charge is 0.271 e. The fourth-order valence-corrected chi connectivity index (χ4v) is 4.35. The number of nitrogens with one attached hydrogen (secondary N) is 1. The number of hydrazine groups is 1. The van der Waals surface area contributed by atoms with Gasteiger partial charge >= 0.3 is 0 Å². The van der Waals surface area contributed by atoms with E-state index in [1.807, 2.05) is 0 Å². The van der Waals surface area contributed by atoms with E-state index in [9.17, 15) is 17.2 Å². The van der Waals surface area contributed by atoms with Crippen LogP contribution in [0.15, 0.2) is 18.2 Å². The van der Waals surface area contributed by atoms with Crippen molar-refractivity contribution < 1.29 is 17.2 Å². The van der Waals surface area contributed by atoms with Gasteiger partial charge in [0, 0.05) is 11.6 Å². The highest BCUT2D eigenvalue weighted by molar-refractivity contribution is 7.91. The molecule has 0 radical (unpaired) electrons. The highest BCUT2D eigenvalue weighted by atomic mass is 32.2. The Kier molecular flexibility index (Phi) is 4.17. The van der Waals surface area contributed by atoms with Crippen LogP contribution in [0.2, 0.25) is 0 Å². The predicted octanol–water partition coefficient (Wildman–Crippen LogP) is 1.29. The summed E-state index contributed by atoms with van der Waals surface area (Å²) in [5.41, 5.74) is 2.57. The molecule has 19 heavy (non-hydrogen) atoms. The van der Waals surface area contributed by atoms with Crippen LogP contribution in [0, 0.1) is 17.6 Å². The van der Waals surface area contributed by atoms with Crippen LogP contribution in [0.1, 0.15) is 24.4 Å². The molecule has 1 aromatic carbocycles. The molecule has 2 atom stereocenters. The van der Waals surface area contributed by atoms with Gasteiger partial charge in [-0.25, -0.2) is 17.2 Å². The van der Waals surface area contributed by atoms with Gasteiger partial charge in [-0.3, -0.25) is 11.3 Å². The minimum Gasteiger partial charge on any atom is -0.271 e. The summed E-state index contributed by atoms with van der Waals surface area (Å²) in [4.78, 5) is 0. The van der Waals surface area contributed by atoms with Gasteiger partial charge in [-0.1, -0.05) is 12.1 Å². The maximum absolute atomic E-state index is 13.7. The van der Waals surface area contributed by atoms with Crippen molar-refractivity contribution in [1.82, 2.24) is 5.43 Å². The van der Waals surface area contributed by atoms with Crippen molar-refractivity contribution in [3.63, 3.8) is 0 Å². The first-order valence-corrected chi connectivity index (χ1v) is 7.85. The Bertz CT molecular complexity index is 563. The van der Waals surface area contributed by atoms with E-state index in [1.165, 1.54) is 12.1 Å². The second-order valence-electron chi connectivity index (χ2n) is 4.87.